The van der Waals surface area contributed by atoms with Crippen LogP contribution in [-0.4, -0.2) is 47.6 Å². The van der Waals surface area contributed by atoms with Crippen molar-refractivity contribution in [2.45, 2.75) is 71.0 Å². The first kappa shape index (κ1) is 16.3. The lowest BCUT2D eigenvalue weighted by molar-refractivity contribution is -0.164. The maximum absolute atomic E-state index is 13.0. The maximum Gasteiger partial charge on any atom is 0.246 e. The Kier molecular flexibility index (Phi) is 4.91. The van der Waals surface area contributed by atoms with E-state index in [4.69, 9.17) is 4.74 Å². The van der Waals surface area contributed by atoms with E-state index in [2.05, 4.69) is 12.2 Å². The molecule has 4 unspecified atom stereocenters. The summed E-state index contributed by atoms with van der Waals surface area (Å²) in [5, 5.41) is 2.93. The summed E-state index contributed by atoms with van der Waals surface area (Å²) in [6.07, 6.45) is 3.34. The van der Waals surface area contributed by atoms with Gasteiger partial charge in [0.2, 0.25) is 11.8 Å². The molecule has 5 heteroatoms. The van der Waals surface area contributed by atoms with Gasteiger partial charge in [-0.25, -0.2) is 0 Å². The van der Waals surface area contributed by atoms with Gasteiger partial charge in [0.1, 0.15) is 12.1 Å². The second-order valence-corrected chi connectivity index (χ2v) is 6.66. The van der Waals surface area contributed by atoms with Gasteiger partial charge in [0.05, 0.1) is 12.1 Å². The fourth-order valence-electron chi connectivity index (χ4n) is 3.47. The Balaban J connectivity index is 2.32. The van der Waals surface area contributed by atoms with Gasteiger partial charge in [0, 0.05) is 6.61 Å². The number of nitrogens with one attached hydrogen (secondary N) is 1. The van der Waals surface area contributed by atoms with Crippen LogP contribution in [-0.2, 0) is 14.3 Å². The van der Waals surface area contributed by atoms with Gasteiger partial charge in [0.25, 0.3) is 0 Å². The number of carbonyl (C=O) groups is 2. The van der Waals surface area contributed by atoms with Crippen LogP contribution in [0.15, 0.2) is 0 Å². The standard InChI is InChI=1S/C16H28N2O3/c1-5-11(3)13-15(20)18(12(6-2)14(19)17-13)16(4)8-7-9-21-10-16/h11-13H,5-10H2,1-4H3,(H,17,19). The highest BCUT2D eigenvalue weighted by molar-refractivity contribution is 5.97. The molecule has 2 rings (SSSR count). The summed E-state index contributed by atoms with van der Waals surface area (Å²) in [4.78, 5) is 27.3. The van der Waals surface area contributed by atoms with Crippen LogP contribution in [0.3, 0.4) is 0 Å². The minimum absolute atomic E-state index is 0.0193. The number of piperazine rings is 1. The third kappa shape index (κ3) is 2.93. The Hall–Kier alpha value is -1.10. The van der Waals surface area contributed by atoms with E-state index in [0.717, 1.165) is 25.9 Å². The Bertz CT molecular complexity index is 404. The van der Waals surface area contributed by atoms with E-state index in [1.807, 2.05) is 25.7 Å². The Morgan fingerprint density at radius 2 is 2.14 bits per heavy atom. The summed E-state index contributed by atoms with van der Waals surface area (Å²) in [6.45, 7) is 9.35. The first-order valence-corrected chi connectivity index (χ1v) is 8.16. The molecule has 2 heterocycles. The quantitative estimate of drug-likeness (QED) is 0.859. The molecule has 1 N–H and O–H groups in total. The minimum Gasteiger partial charge on any atom is -0.379 e. The molecule has 0 bridgehead atoms. The van der Waals surface area contributed by atoms with Crippen LogP contribution >= 0.6 is 0 Å². The van der Waals surface area contributed by atoms with Crippen LogP contribution in [0, 0.1) is 5.92 Å². The van der Waals surface area contributed by atoms with Gasteiger partial charge in [-0.2, -0.15) is 0 Å². The molecule has 2 aliphatic heterocycles. The van der Waals surface area contributed by atoms with Crippen LogP contribution in [0.2, 0.25) is 0 Å². The molecular weight excluding hydrogens is 268 g/mol. The summed E-state index contributed by atoms with van der Waals surface area (Å²) in [6, 6.07) is -0.770. The van der Waals surface area contributed by atoms with Gasteiger partial charge in [-0.05, 0) is 32.1 Å². The molecule has 4 atom stereocenters. The second-order valence-electron chi connectivity index (χ2n) is 6.66. The minimum atomic E-state index is -0.399. The topological polar surface area (TPSA) is 58.6 Å². The number of ether oxygens (including phenoxy) is 1. The maximum atomic E-state index is 13.0. The van der Waals surface area contributed by atoms with E-state index >= 15 is 0 Å². The van der Waals surface area contributed by atoms with E-state index in [9.17, 15) is 9.59 Å². The molecule has 2 amide bonds. The van der Waals surface area contributed by atoms with Crippen molar-refractivity contribution in [2.75, 3.05) is 13.2 Å². The second kappa shape index (κ2) is 6.34. The summed E-state index contributed by atoms with van der Waals surface area (Å²) in [5.74, 6) is 0.188. The van der Waals surface area contributed by atoms with Gasteiger partial charge < -0.3 is 15.0 Å². The number of carbonyl (C=O) groups excluding carboxylic acids is 2. The van der Waals surface area contributed by atoms with E-state index < -0.39 is 6.04 Å². The van der Waals surface area contributed by atoms with Crippen molar-refractivity contribution in [2.24, 2.45) is 5.92 Å². The first-order chi connectivity index (χ1) is 9.94. The Morgan fingerprint density at radius 1 is 1.43 bits per heavy atom. The van der Waals surface area contributed by atoms with Crippen molar-refractivity contribution in [3.05, 3.63) is 0 Å². The number of rotatable bonds is 4. The first-order valence-electron chi connectivity index (χ1n) is 8.16. The lowest BCUT2D eigenvalue weighted by Gasteiger charge is -2.51. The van der Waals surface area contributed by atoms with Gasteiger partial charge in [-0.3, -0.25) is 9.59 Å². The molecular formula is C16H28N2O3. The van der Waals surface area contributed by atoms with Crippen LogP contribution in [0.1, 0.15) is 53.4 Å². The monoisotopic (exact) mass is 296 g/mol. The Labute approximate surface area is 127 Å². The molecule has 0 aromatic carbocycles. The van der Waals surface area contributed by atoms with Crippen LogP contribution in [0.25, 0.3) is 0 Å². The zero-order chi connectivity index (χ0) is 15.6. The van der Waals surface area contributed by atoms with Gasteiger partial charge in [-0.1, -0.05) is 27.2 Å². The fraction of sp³-hybridized carbons (Fsp3) is 0.875. The third-order valence-electron chi connectivity index (χ3n) is 5.01. The van der Waals surface area contributed by atoms with Gasteiger partial charge in [0.15, 0.2) is 0 Å². The molecule has 2 saturated heterocycles. The van der Waals surface area contributed by atoms with E-state index in [1.54, 1.807) is 0 Å². The molecule has 0 aromatic heterocycles. The highest BCUT2D eigenvalue weighted by atomic mass is 16.5. The zero-order valence-corrected chi connectivity index (χ0v) is 13.6. The van der Waals surface area contributed by atoms with Crippen LogP contribution in [0.4, 0.5) is 0 Å². The highest BCUT2D eigenvalue weighted by Crippen LogP contribution is 2.32. The van der Waals surface area contributed by atoms with Gasteiger partial charge in [-0.15, -0.1) is 0 Å². The molecule has 120 valence electrons. The largest absolute Gasteiger partial charge is 0.379 e. The molecule has 5 nitrogen and oxygen atoms in total. The van der Waals surface area contributed by atoms with Crippen molar-refractivity contribution < 1.29 is 14.3 Å². The predicted molar refractivity (Wildman–Crippen MR) is 80.8 cm³/mol. The number of nitrogens with zero attached hydrogens (tertiary/aromatic N) is 1. The Morgan fingerprint density at radius 3 is 2.67 bits per heavy atom. The van der Waals surface area contributed by atoms with Crippen molar-refractivity contribution in [1.82, 2.24) is 10.2 Å². The van der Waals surface area contributed by atoms with E-state index in [-0.39, 0.29) is 29.3 Å². The van der Waals surface area contributed by atoms with E-state index in [0.29, 0.717) is 13.0 Å². The smallest absolute Gasteiger partial charge is 0.246 e. The van der Waals surface area contributed by atoms with Crippen molar-refractivity contribution >= 4 is 11.8 Å². The third-order valence-corrected chi connectivity index (χ3v) is 5.01. The highest BCUT2D eigenvalue weighted by Gasteiger charge is 2.49. The predicted octanol–water partition coefficient (Wildman–Crippen LogP) is 1.71. The molecule has 0 aromatic rings. The SMILES string of the molecule is CCC(C)C1NC(=O)C(CC)N(C2(C)CCCOC2)C1=O. The molecule has 0 radical (unpaired) electrons. The van der Waals surface area contributed by atoms with Crippen LogP contribution in [0.5, 0.6) is 0 Å². The number of amides is 2. The lowest BCUT2D eigenvalue weighted by Crippen LogP contribution is -2.71. The molecule has 0 aliphatic carbocycles. The number of hydrogen-bond donors (Lipinski definition) is 1. The van der Waals surface area contributed by atoms with Crippen molar-refractivity contribution in [3.8, 4) is 0 Å². The molecule has 2 fully saturated rings. The van der Waals surface area contributed by atoms with Crippen molar-refractivity contribution in [1.29, 1.82) is 0 Å². The summed E-state index contributed by atoms with van der Waals surface area (Å²) < 4.78 is 5.61. The summed E-state index contributed by atoms with van der Waals surface area (Å²) in [7, 11) is 0. The average Bonchev–Trinajstić information content (AvgIpc) is 2.48. The van der Waals surface area contributed by atoms with Gasteiger partial charge >= 0.3 is 0 Å². The lowest BCUT2D eigenvalue weighted by atomic mass is 9.85. The fourth-order valence-corrected chi connectivity index (χ4v) is 3.47. The summed E-state index contributed by atoms with van der Waals surface area (Å²) >= 11 is 0. The normalized spacial score (nSPS) is 35.5. The zero-order valence-electron chi connectivity index (χ0n) is 13.6. The molecule has 21 heavy (non-hydrogen) atoms. The number of hydrogen-bond acceptors (Lipinski definition) is 3. The van der Waals surface area contributed by atoms with Crippen LogP contribution < -0.4 is 5.32 Å². The van der Waals surface area contributed by atoms with Crippen molar-refractivity contribution in [3.63, 3.8) is 0 Å². The summed E-state index contributed by atoms with van der Waals surface area (Å²) in [5.41, 5.74) is -0.362. The molecule has 0 saturated carbocycles. The molecule has 0 spiro atoms. The molecule has 2 aliphatic rings. The average molecular weight is 296 g/mol. The van der Waals surface area contributed by atoms with E-state index in [1.165, 1.54) is 0 Å².